The highest BCUT2D eigenvalue weighted by atomic mass is 16.6. The van der Waals surface area contributed by atoms with Gasteiger partial charge in [0, 0.05) is 12.7 Å². The molecule has 1 fully saturated rings. The van der Waals surface area contributed by atoms with Crippen LogP contribution < -0.4 is 29.1 Å². The molecule has 0 spiro atoms. The van der Waals surface area contributed by atoms with Gasteiger partial charge in [-0.05, 0) is 59.5 Å². The van der Waals surface area contributed by atoms with E-state index in [0.717, 1.165) is 27.8 Å². The van der Waals surface area contributed by atoms with Gasteiger partial charge in [0.05, 0.1) is 43.9 Å². The third-order valence-corrected chi connectivity index (χ3v) is 12.2. The maximum absolute atomic E-state index is 13.7. The lowest BCUT2D eigenvalue weighted by Crippen LogP contribution is -2.50. The number of hydrogen-bond donors (Lipinski definition) is 0. The van der Waals surface area contributed by atoms with Gasteiger partial charge in [-0.3, -0.25) is 14.5 Å². The molecule has 2 heterocycles. The second-order valence-corrected chi connectivity index (χ2v) is 17.6. The number of carbonyl (C=O) groups is 2. The quantitative estimate of drug-likeness (QED) is 0.0473. The first kappa shape index (κ1) is 50.3. The van der Waals surface area contributed by atoms with Gasteiger partial charge in [-0.15, -0.1) is 0 Å². The van der Waals surface area contributed by atoms with Gasteiger partial charge in [0.15, 0.2) is 17.6 Å². The van der Waals surface area contributed by atoms with Crippen LogP contribution in [0.4, 0.5) is 0 Å². The van der Waals surface area contributed by atoms with Gasteiger partial charge in [-0.25, -0.2) is 0 Å². The molecule has 3 atom stereocenters. The number of likely N-dealkylation sites (N-methyl/N-ethyl adjacent to an activating group) is 1. The van der Waals surface area contributed by atoms with Gasteiger partial charge in [0.2, 0.25) is 0 Å². The molecule has 0 unspecified atom stereocenters. The summed E-state index contributed by atoms with van der Waals surface area (Å²) in [6.07, 6.45) is -2.79. The van der Waals surface area contributed by atoms with E-state index in [0.29, 0.717) is 41.6 Å². The predicted octanol–water partition coefficient (Wildman–Crippen LogP) is 9.54. The van der Waals surface area contributed by atoms with E-state index in [1.807, 2.05) is 177 Å². The fourth-order valence-electron chi connectivity index (χ4n) is 8.60. The minimum atomic E-state index is -1.61. The van der Waals surface area contributed by atoms with Crippen molar-refractivity contribution in [2.45, 2.75) is 58.3 Å². The number of fused-ring (bicyclic) bond motifs is 1. The summed E-state index contributed by atoms with van der Waals surface area (Å²) in [6.45, 7) is 3.44. The van der Waals surface area contributed by atoms with E-state index in [1.54, 1.807) is 13.1 Å². The van der Waals surface area contributed by atoms with Crippen LogP contribution in [0.1, 0.15) is 58.1 Å². The van der Waals surface area contributed by atoms with Crippen LogP contribution in [0.5, 0.6) is 28.7 Å². The van der Waals surface area contributed by atoms with Crippen molar-refractivity contribution in [3.8, 4) is 28.7 Å². The predicted molar refractivity (Wildman–Crippen MR) is 275 cm³/mol. The molecule has 1 saturated heterocycles. The molecular formula is C59H58BNO12. The Morgan fingerprint density at radius 1 is 0.521 bits per heavy atom. The van der Waals surface area contributed by atoms with Crippen LogP contribution in [-0.2, 0) is 66.1 Å². The maximum Gasteiger partial charge on any atom is 0.644 e. The first-order chi connectivity index (χ1) is 35.9. The lowest BCUT2D eigenvalue weighted by atomic mass is 9.74. The molecule has 73 heavy (non-hydrogen) atoms. The fraction of sp³-hybridized carbons (Fsp3) is 0.254. The van der Waals surface area contributed by atoms with E-state index in [2.05, 4.69) is 0 Å². The summed E-state index contributed by atoms with van der Waals surface area (Å²) in [6, 6.07) is 56.4. The molecule has 0 amide bonds. The standard InChI is InChI=1S/C59H58BNO12/c1-3-64-31-32-65-58-54-50(68-39-44-23-13-6-14-24-44)34-51(69-40-45-25-15-7-16-26-45)55(60-72-52(62)35-61(2)36-53(63)73-60)57(54)71-56(59(58)70-41-46-27-17-8-18-28-46)47-29-30-48(66-37-42-19-9-4-10-20-42)49(33-47)67-38-43-21-11-5-12-22-43/h4-30,33-34,56,58-59H,3,31-32,35-41H2,1-2H3/t56-,58+,59-/m1/s1. The number of rotatable bonds is 22. The second-order valence-electron chi connectivity index (χ2n) is 17.6. The molecule has 374 valence electrons. The highest BCUT2D eigenvalue weighted by Crippen LogP contribution is 2.51. The third kappa shape index (κ3) is 13.5. The second kappa shape index (κ2) is 25.2. The highest BCUT2D eigenvalue weighted by molar-refractivity contribution is 6.66. The molecule has 0 saturated carbocycles. The minimum Gasteiger partial charge on any atom is -0.494 e. The van der Waals surface area contributed by atoms with Crippen LogP contribution in [0.2, 0.25) is 0 Å². The molecule has 14 heteroatoms. The van der Waals surface area contributed by atoms with E-state index >= 15 is 0 Å². The molecule has 13 nitrogen and oxygen atoms in total. The molecule has 7 aromatic rings. The Hall–Kier alpha value is -7.62. The number of hydrogen-bond acceptors (Lipinski definition) is 13. The Kier molecular flexibility index (Phi) is 17.4. The largest absolute Gasteiger partial charge is 0.644 e. The van der Waals surface area contributed by atoms with Crippen molar-refractivity contribution in [1.29, 1.82) is 0 Å². The zero-order valence-electron chi connectivity index (χ0n) is 41.0. The zero-order chi connectivity index (χ0) is 50.2. The highest BCUT2D eigenvalue weighted by Gasteiger charge is 2.49. The normalized spacial score (nSPS) is 16.7. The summed E-state index contributed by atoms with van der Waals surface area (Å²) in [4.78, 5) is 28.9. The van der Waals surface area contributed by atoms with Crippen molar-refractivity contribution in [2.24, 2.45) is 0 Å². The van der Waals surface area contributed by atoms with E-state index in [-0.39, 0.29) is 69.7 Å². The summed E-state index contributed by atoms with van der Waals surface area (Å²) in [5, 5.41) is 0. The third-order valence-electron chi connectivity index (χ3n) is 12.2. The first-order valence-corrected chi connectivity index (χ1v) is 24.5. The molecule has 0 aromatic heterocycles. The molecule has 0 radical (unpaired) electrons. The van der Waals surface area contributed by atoms with Gasteiger partial charge in [0.1, 0.15) is 55.9 Å². The molecular weight excluding hydrogens is 925 g/mol. The Bertz CT molecular complexity index is 2840. The molecule has 7 aromatic carbocycles. The van der Waals surface area contributed by atoms with Crippen LogP contribution in [0.3, 0.4) is 0 Å². The minimum absolute atomic E-state index is 0.0924. The fourth-order valence-corrected chi connectivity index (χ4v) is 8.60. The van der Waals surface area contributed by atoms with Gasteiger partial charge in [-0.1, -0.05) is 158 Å². The Morgan fingerprint density at radius 2 is 0.986 bits per heavy atom. The van der Waals surface area contributed by atoms with Crippen molar-refractivity contribution < 1.29 is 56.8 Å². The zero-order valence-corrected chi connectivity index (χ0v) is 41.0. The van der Waals surface area contributed by atoms with Gasteiger partial charge in [0.25, 0.3) is 0 Å². The van der Waals surface area contributed by atoms with Crippen LogP contribution in [-0.4, -0.2) is 70.0 Å². The van der Waals surface area contributed by atoms with Crippen LogP contribution in [0.25, 0.3) is 0 Å². The Balaban J connectivity index is 1.23. The summed E-state index contributed by atoms with van der Waals surface area (Å²) in [5.74, 6) is 0.421. The maximum atomic E-state index is 13.7. The number of carbonyl (C=O) groups excluding carboxylic acids is 2. The summed E-state index contributed by atoms with van der Waals surface area (Å²) in [7, 11) is 0.0304. The van der Waals surface area contributed by atoms with Gasteiger partial charge < -0.3 is 47.2 Å². The summed E-state index contributed by atoms with van der Waals surface area (Å²) < 4.78 is 66.1. The van der Waals surface area contributed by atoms with Crippen LogP contribution in [0.15, 0.2) is 176 Å². The number of benzene rings is 7. The van der Waals surface area contributed by atoms with Crippen molar-refractivity contribution in [3.63, 3.8) is 0 Å². The average Bonchev–Trinajstić information content (AvgIpc) is 3.42. The van der Waals surface area contributed by atoms with E-state index in [1.165, 1.54) is 4.90 Å². The van der Waals surface area contributed by atoms with E-state index in [4.69, 9.17) is 47.2 Å². The van der Waals surface area contributed by atoms with Gasteiger partial charge >= 0.3 is 19.1 Å². The van der Waals surface area contributed by atoms with Crippen LogP contribution >= 0.6 is 0 Å². The van der Waals surface area contributed by atoms with E-state index < -0.39 is 37.4 Å². The molecule has 0 aliphatic carbocycles. The van der Waals surface area contributed by atoms with Gasteiger partial charge in [-0.2, -0.15) is 0 Å². The smallest absolute Gasteiger partial charge is 0.494 e. The molecule has 2 aliphatic heterocycles. The van der Waals surface area contributed by atoms with Crippen molar-refractivity contribution in [3.05, 3.63) is 215 Å². The summed E-state index contributed by atoms with van der Waals surface area (Å²) in [5.41, 5.74) is 5.84. The topological polar surface area (TPSA) is 130 Å². The Labute approximate surface area is 426 Å². The monoisotopic (exact) mass is 983 g/mol. The summed E-state index contributed by atoms with van der Waals surface area (Å²) >= 11 is 0. The first-order valence-electron chi connectivity index (χ1n) is 24.5. The molecule has 0 bridgehead atoms. The van der Waals surface area contributed by atoms with Crippen molar-refractivity contribution in [1.82, 2.24) is 4.90 Å². The van der Waals surface area contributed by atoms with E-state index in [9.17, 15) is 9.59 Å². The molecule has 9 rings (SSSR count). The molecule has 0 N–H and O–H groups in total. The lowest BCUT2D eigenvalue weighted by molar-refractivity contribution is -0.145. The van der Waals surface area contributed by atoms with Crippen molar-refractivity contribution in [2.75, 3.05) is 40.0 Å². The van der Waals surface area contributed by atoms with Crippen LogP contribution in [0, 0.1) is 0 Å². The molecule has 2 aliphatic rings. The lowest BCUT2D eigenvalue weighted by Gasteiger charge is -2.41. The SMILES string of the molecule is CCOCCO[C@H]1c2c(OCc3ccccc3)cc(OCc3ccccc3)c(B3OC(=O)CN(C)CC(=O)O3)c2O[C@H](c2ccc(OCc3ccccc3)c(OCc3ccccc3)c2)[C@H]1OCc1ccccc1. The average molecular weight is 984 g/mol. The van der Waals surface area contributed by atoms with Crippen molar-refractivity contribution >= 4 is 24.5 Å². The number of nitrogens with zero attached hydrogens (tertiary/aromatic N) is 1. The Morgan fingerprint density at radius 3 is 1.49 bits per heavy atom. The number of ether oxygens (including phenoxy) is 8.